The van der Waals surface area contributed by atoms with Gasteiger partial charge in [-0.3, -0.25) is 4.98 Å². The van der Waals surface area contributed by atoms with Gasteiger partial charge in [-0.25, -0.2) is 4.98 Å². The Morgan fingerprint density at radius 3 is 2.63 bits per heavy atom. The fraction of sp³-hybridized carbons (Fsp3) is 0.333. The van der Waals surface area contributed by atoms with Gasteiger partial charge in [0.1, 0.15) is 0 Å². The SMILES string of the molecule is Cc1cc2c(c(Cl)n1)N(C)C(C)c1ccc(C)nc1-2. The number of fused-ring (bicyclic) bond motifs is 3. The van der Waals surface area contributed by atoms with Crippen LogP contribution < -0.4 is 4.90 Å². The molecule has 0 spiro atoms. The highest BCUT2D eigenvalue weighted by Crippen LogP contribution is 2.45. The summed E-state index contributed by atoms with van der Waals surface area (Å²) in [6, 6.07) is 6.53. The van der Waals surface area contributed by atoms with E-state index < -0.39 is 0 Å². The van der Waals surface area contributed by atoms with Gasteiger partial charge >= 0.3 is 0 Å². The van der Waals surface area contributed by atoms with Gasteiger partial charge < -0.3 is 4.90 Å². The molecule has 0 radical (unpaired) electrons. The molecule has 0 aliphatic carbocycles. The zero-order valence-corrected chi connectivity index (χ0v) is 12.3. The minimum Gasteiger partial charge on any atom is -0.365 e. The second kappa shape index (κ2) is 4.20. The fourth-order valence-electron chi connectivity index (χ4n) is 2.67. The van der Waals surface area contributed by atoms with Crippen LogP contribution in [0.2, 0.25) is 5.15 Å². The van der Waals surface area contributed by atoms with Crippen LogP contribution in [0.25, 0.3) is 11.3 Å². The Morgan fingerprint density at radius 1 is 1.16 bits per heavy atom. The Hall–Kier alpha value is -1.61. The maximum Gasteiger partial charge on any atom is 0.153 e. The molecule has 2 aromatic rings. The van der Waals surface area contributed by atoms with E-state index in [1.165, 1.54) is 5.56 Å². The third-order valence-corrected chi connectivity index (χ3v) is 4.05. The maximum absolute atomic E-state index is 6.33. The number of halogens is 1. The number of hydrogen-bond donors (Lipinski definition) is 0. The van der Waals surface area contributed by atoms with Crippen molar-refractivity contribution in [2.75, 3.05) is 11.9 Å². The summed E-state index contributed by atoms with van der Waals surface area (Å²) in [5.41, 5.74) is 6.27. The highest BCUT2D eigenvalue weighted by molar-refractivity contribution is 6.33. The van der Waals surface area contributed by atoms with Crippen molar-refractivity contribution in [1.29, 1.82) is 0 Å². The van der Waals surface area contributed by atoms with Gasteiger partial charge in [0.15, 0.2) is 5.15 Å². The van der Waals surface area contributed by atoms with Crippen molar-refractivity contribution < 1.29 is 0 Å². The lowest BCUT2D eigenvalue weighted by atomic mass is 9.93. The normalized spacial score (nSPS) is 17.1. The van der Waals surface area contributed by atoms with Crippen LogP contribution in [0.3, 0.4) is 0 Å². The quantitative estimate of drug-likeness (QED) is 0.681. The van der Waals surface area contributed by atoms with E-state index in [4.69, 9.17) is 16.6 Å². The highest BCUT2D eigenvalue weighted by atomic mass is 35.5. The van der Waals surface area contributed by atoms with E-state index in [9.17, 15) is 0 Å². The molecule has 0 saturated carbocycles. The van der Waals surface area contributed by atoms with Crippen LogP contribution in [0.1, 0.15) is 29.9 Å². The number of pyridine rings is 2. The van der Waals surface area contributed by atoms with Crippen molar-refractivity contribution in [2.24, 2.45) is 0 Å². The summed E-state index contributed by atoms with van der Waals surface area (Å²) in [5, 5.41) is 0.554. The second-order valence-corrected chi connectivity index (χ2v) is 5.49. The van der Waals surface area contributed by atoms with E-state index >= 15 is 0 Å². The Morgan fingerprint density at radius 2 is 1.89 bits per heavy atom. The number of aryl methyl sites for hydroxylation is 2. The van der Waals surface area contributed by atoms with E-state index in [0.717, 1.165) is 28.3 Å². The summed E-state index contributed by atoms with van der Waals surface area (Å²) in [5.74, 6) is 0. The Kier molecular flexibility index (Phi) is 2.75. The standard InChI is InChI=1S/C15H16ClN3/c1-8-5-6-11-10(3)19(4)14-12(13(11)17-8)7-9(2)18-15(14)16/h5-7,10H,1-4H3. The first kappa shape index (κ1) is 12.4. The van der Waals surface area contributed by atoms with Crippen LogP contribution in [-0.4, -0.2) is 17.0 Å². The lowest BCUT2D eigenvalue weighted by Crippen LogP contribution is -2.27. The minimum absolute atomic E-state index is 0.248. The summed E-state index contributed by atoms with van der Waals surface area (Å²) < 4.78 is 0. The average molecular weight is 274 g/mol. The van der Waals surface area contributed by atoms with Crippen LogP contribution in [0.4, 0.5) is 5.69 Å². The molecule has 0 bridgehead atoms. The fourth-order valence-corrected chi connectivity index (χ4v) is 3.04. The molecule has 1 unspecified atom stereocenters. The average Bonchev–Trinajstić information content (AvgIpc) is 2.35. The maximum atomic E-state index is 6.33. The molecule has 98 valence electrons. The number of hydrogen-bond acceptors (Lipinski definition) is 3. The van der Waals surface area contributed by atoms with Crippen molar-refractivity contribution in [2.45, 2.75) is 26.8 Å². The van der Waals surface area contributed by atoms with Gasteiger partial charge in [-0.05, 0) is 32.9 Å². The summed E-state index contributed by atoms with van der Waals surface area (Å²) in [7, 11) is 2.05. The lowest BCUT2D eigenvalue weighted by Gasteiger charge is -2.35. The summed E-state index contributed by atoms with van der Waals surface area (Å²) in [6.45, 7) is 6.13. The molecule has 0 aromatic carbocycles. The number of rotatable bonds is 0. The molecule has 0 saturated heterocycles. The Balaban J connectivity index is 2.38. The first-order chi connectivity index (χ1) is 8.99. The van der Waals surface area contributed by atoms with Crippen LogP contribution in [-0.2, 0) is 0 Å². The molecule has 1 atom stereocenters. The van der Waals surface area contributed by atoms with Crippen molar-refractivity contribution in [1.82, 2.24) is 9.97 Å². The van der Waals surface area contributed by atoms with E-state index in [0.29, 0.717) is 5.15 Å². The second-order valence-electron chi connectivity index (χ2n) is 5.13. The first-order valence-corrected chi connectivity index (χ1v) is 6.74. The van der Waals surface area contributed by atoms with Crippen molar-refractivity contribution >= 4 is 17.3 Å². The molecule has 0 N–H and O–H groups in total. The van der Waals surface area contributed by atoms with Crippen LogP contribution in [0.15, 0.2) is 18.2 Å². The third kappa shape index (κ3) is 1.80. The highest BCUT2D eigenvalue weighted by Gasteiger charge is 2.29. The molecule has 0 fully saturated rings. The van der Waals surface area contributed by atoms with Gasteiger partial charge in [-0.2, -0.15) is 0 Å². The summed E-state index contributed by atoms with van der Waals surface area (Å²) in [4.78, 5) is 11.2. The van der Waals surface area contributed by atoms with Crippen LogP contribution in [0.5, 0.6) is 0 Å². The molecule has 0 amide bonds. The van der Waals surface area contributed by atoms with Gasteiger partial charge in [0, 0.05) is 29.6 Å². The Bertz CT molecular complexity index is 667. The molecule has 1 aliphatic rings. The lowest BCUT2D eigenvalue weighted by molar-refractivity contribution is 0.724. The predicted molar refractivity (Wildman–Crippen MR) is 78.8 cm³/mol. The summed E-state index contributed by atoms with van der Waals surface area (Å²) in [6.07, 6.45) is 0. The largest absolute Gasteiger partial charge is 0.365 e. The smallest absolute Gasteiger partial charge is 0.153 e. The zero-order chi connectivity index (χ0) is 13.7. The van der Waals surface area contributed by atoms with Crippen LogP contribution in [0, 0.1) is 13.8 Å². The van der Waals surface area contributed by atoms with E-state index in [1.807, 2.05) is 13.8 Å². The molecule has 1 aliphatic heterocycles. The van der Waals surface area contributed by atoms with Gasteiger partial charge in [0.2, 0.25) is 0 Å². The van der Waals surface area contributed by atoms with Crippen LogP contribution >= 0.6 is 11.6 Å². The molecule has 3 rings (SSSR count). The predicted octanol–water partition coefficient (Wildman–Crippen LogP) is 3.92. The third-order valence-electron chi connectivity index (χ3n) is 3.78. The van der Waals surface area contributed by atoms with Crippen molar-refractivity contribution in [3.8, 4) is 11.3 Å². The summed E-state index contributed by atoms with van der Waals surface area (Å²) >= 11 is 6.33. The molecule has 2 aromatic heterocycles. The molecule has 4 heteroatoms. The van der Waals surface area contributed by atoms with Gasteiger partial charge in [-0.15, -0.1) is 0 Å². The first-order valence-electron chi connectivity index (χ1n) is 6.37. The van der Waals surface area contributed by atoms with E-state index in [2.05, 4.69) is 42.1 Å². The van der Waals surface area contributed by atoms with Gasteiger partial charge in [0.25, 0.3) is 0 Å². The van der Waals surface area contributed by atoms with Gasteiger partial charge in [-0.1, -0.05) is 17.7 Å². The van der Waals surface area contributed by atoms with Crippen molar-refractivity contribution in [3.05, 3.63) is 40.3 Å². The van der Waals surface area contributed by atoms with Gasteiger partial charge in [0.05, 0.1) is 17.4 Å². The van der Waals surface area contributed by atoms with E-state index in [-0.39, 0.29) is 6.04 Å². The topological polar surface area (TPSA) is 29.0 Å². The molecular weight excluding hydrogens is 258 g/mol. The zero-order valence-electron chi connectivity index (χ0n) is 11.5. The number of nitrogens with zero attached hydrogens (tertiary/aromatic N) is 3. The van der Waals surface area contributed by atoms with E-state index in [1.54, 1.807) is 0 Å². The number of anilines is 1. The Labute approximate surface area is 118 Å². The number of aromatic nitrogens is 2. The minimum atomic E-state index is 0.248. The molecule has 3 heterocycles. The molecule has 19 heavy (non-hydrogen) atoms. The monoisotopic (exact) mass is 273 g/mol. The molecule has 3 nitrogen and oxygen atoms in total. The molecular formula is C15H16ClN3. The van der Waals surface area contributed by atoms with Crippen molar-refractivity contribution in [3.63, 3.8) is 0 Å².